The van der Waals surface area contributed by atoms with Gasteiger partial charge in [0.1, 0.15) is 5.60 Å². The van der Waals surface area contributed by atoms with Crippen LogP contribution in [0.25, 0.3) is 10.9 Å². The van der Waals surface area contributed by atoms with Crippen molar-refractivity contribution < 1.29 is 14.6 Å². The van der Waals surface area contributed by atoms with E-state index in [0.717, 1.165) is 16.5 Å². The molecule has 0 bridgehead atoms. The number of aliphatic hydroxyl groups is 1. The Bertz CT molecular complexity index is 677. The van der Waals surface area contributed by atoms with Crippen LogP contribution >= 0.6 is 11.6 Å². The first-order valence-corrected chi connectivity index (χ1v) is 7.14. The first-order chi connectivity index (χ1) is 10.0. The number of H-pyrrole nitrogens is 1. The van der Waals surface area contributed by atoms with Crippen LogP contribution in [-0.2, 0) is 16.0 Å². The summed E-state index contributed by atoms with van der Waals surface area (Å²) in [7, 11) is 1.54. The number of β-amino-alcohol motifs (C(OH)–C–C–N with tert-alkyl or cyclic N) is 1. The summed E-state index contributed by atoms with van der Waals surface area (Å²) in [5.74, 6) is -0.0170. The zero-order valence-corrected chi connectivity index (χ0v) is 12.5. The molecule has 2 heterocycles. The van der Waals surface area contributed by atoms with Crippen molar-refractivity contribution in [2.24, 2.45) is 0 Å². The van der Waals surface area contributed by atoms with Crippen LogP contribution in [0.2, 0.25) is 5.02 Å². The maximum atomic E-state index is 12.3. The molecule has 0 saturated carbocycles. The number of benzene rings is 1. The highest BCUT2D eigenvalue weighted by Gasteiger charge is 2.43. The Morgan fingerprint density at radius 2 is 2.29 bits per heavy atom. The number of hydrogen-bond donors (Lipinski definition) is 2. The summed E-state index contributed by atoms with van der Waals surface area (Å²) in [6.45, 7) is 0.876. The fourth-order valence-electron chi connectivity index (χ4n) is 2.82. The van der Waals surface area contributed by atoms with E-state index in [4.69, 9.17) is 16.3 Å². The molecule has 1 aliphatic rings. The van der Waals surface area contributed by atoms with Crippen molar-refractivity contribution in [2.45, 2.75) is 12.0 Å². The lowest BCUT2D eigenvalue weighted by atomic mass is 9.94. The number of hydrogen-bond acceptors (Lipinski definition) is 3. The molecule has 1 saturated heterocycles. The first-order valence-electron chi connectivity index (χ1n) is 6.76. The molecule has 0 aliphatic carbocycles. The van der Waals surface area contributed by atoms with Gasteiger partial charge in [0, 0.05) is 24.2 Å². The zero-order chi connectivity index (χ0) is 15.0. The van der Waals surface area contributed by atoms with Gasteiger partial charge >= 0.3 is 0 Å². The fourth-order valence-corrected chi connectivity index (χ4v) is 3.12. The molecule has 3 rings (SSSR count). The second kappa shape index (κ2) is 5.33. The molecule has 112 valence electrons. The lowest BCUT2D eigenvalue weighted by molar-refractivity contribution is -0.164. The van der Waals surface area contributed by atoms with E-state index in [1.807, 2.05) is 24.4 Å². The molecular formula is C15H17ClN2O3. The second-order valence-electron chi connectivity index (χ2n) is 5.56. The number of ether oxygens (including phenoxy) is 1. The first kappa shape index (κ1) is 14.4. The molecule has 1 aliphatic heterocycles. The Hall–Kier alpha value is -1.56. The summed E-state index contributed by atoms with van der Waals surface area (Å²) in [4.78, 5) is 17.0. The third-order valence-corrected chi connectivity index (χ3v) is 4.13. The second-order valence-corrected chi connectivity index (χ2v) is 5.97. The van der Waals surface area contributed by atoms with E-state index in [9.17, 15) is 9.90 Å². The maximum absolute atomic E-state index is 12.3. The number of amides is 1. The van der Waals surface area contributed by atoms with Gasteiger partial charge < -0.3 is 19.7 Å². The standard InChI is InChI=1S/C15H17ClN2O3/c1-21-9-15(20)7-18(8-15)13(19)5-10-6-17-12-4-2-3-11(16)14(10)12/h2-4,6,17,20H,5,7-9H2,1H3. The summed E-state index contributed by atoms with van der Waals surface area (Å²) < 4.78 is 4.95. The molecule has 0 spiro atoms. The van der Waals surface area contributed by atoms with Gasteiger partial charge in [0.25, 0.3) is 0 Å². The van der Waals surface area contributed by atoms with Crippen LogP contribution in [0.3, 0.4) is 0 Å². The minimum Gasteiger partial charge on any atom is -0.384 e. The number of nitrogens with zero attached hydrogens (tertiary/aromatic N) is 1. The fraction of sp³-hybridized carbons (Fsp3) is 0.400. The summed E-state index contributed by atoms with van der Waals surface area (Å²) in [6.07, 6.45) is 2.09. The Kier molecular flexibility index (Phi) is 3.65. The number of nitrogens with one attached hydrogen (secondary N) is 1. The highest BCUT2D eigenvalue weighted by molar-refractivity contribution is 6.35. The molecule has 6 heteroatoms. The molecule has 0 unspecified atom stereocenters. The van der Waals surface area contributed by atoms with Crippen molar-refractivity contribution >= 4 is 28.4 Å². The van der Waals surface area contributed by atoms with E-state index >= 15 is 0 Å². The number of carbonyl (C=O) groups excluding carboxylic acids is 1. The van der Waals surface area contributed by atoms with Crippen molar-refractivity contribution in [2.75, 3.05) is 26.8 Å². The minimum absolute atomic E-state index is 0.0170. The predicted molar refractivity (Wildman–Crippen MR) is 80.4 cm³/mol. The molecule has 1 amide bonds. The molecule has 21 heavy (non-hydrogen) atoms. The van der Waals surface area contributed by atoms with Crippen LogP contribution in [0, 0.1) is 0 Å². The number of aromatic amines is 1. The van der Waals surface area contributed by atoms with Crippen LogP contribution in [-0.4, -0.2) is 53.3 Å². The number of fused-ring (bicyclic) bond motifs is 1. The molecule has 1 aromatic carbocycles. The third-order valence-electron chi connectivity index (χ3n) is 3.81. The van der Waals surface area contributed by atoms with E-state index in [1.165, 1.54) is 7.11 Å². The number of carbonyl (C=O) groups is 1. The van der Waals surface area contributed by atoms with Gasteiger partial charge in [-0.05, 0) is 17.7 Å². The van der Waals surface area contributed by atoms with Crippen molar-refractivity contribution in [1.29, 1.82) is 0 Å². The number of likely N-dealkylation sites (tertiary alicyclic amines) is 1. The average Bonchev–Trinajstić information content (AvgIpc) is 2.80. The largest absolute Gasteiger partial charge is 0.384 e. The normalized spacial score (nSPS) is 17.0. The maximum Gasteiger partial charge on any atom is 0.227 e. The molecule has 0 radical (unpaired) electrons. The summed E-state index contributed by atoms with van der Waals surface area (Å²) in [6, 6.07) is 5.61. The third kappa shape index (κ3) is 2.64. The molecule has 5 nitrogen and oxygen atoms in total. The predicted octanol–water partition coefficient (Wildman–Crippen LogP) is 1.58. The van der Waals surface area contributed by atoms with E-state index in [1.54, 1.807) is 4.90 Å². The zero-order valence-electron chi connectivity index (χ0n) is 11.7. The summed E-state index contributed by atoms with van der Waals surface area (Å²) in [5, 5.41) is 11.5. The lowest BCUT2D eigenvalue weighted by Gasteiger charge is -2.46. The van der Waals surface area contributed by atoms with Gasteiger partial charge in [-0.15, -0.1) is 0 Å². The Morgan fingerprint density at radius 1 is 1.52 bits per heavy atom. The van der Waals surface area contributed by atoms with Crippen molar-refractivity contribution in [3.63, 3.8) is 0 Å². The quantitative estimate of drug-likeness (QED) is 0.901. The van der Waals surface area contributed by atoms with Crippen molar-refractivity contribution in [1.82, 2.24) is 9.88 Å². The van der Waals surface area contributed by atoms with Gasteiger partial charge in [0.2, 0.25) is 5.91 Å². The molecule has 0 atom stereocenters. The van der Waals surface area contributed by atoms with Gasteiger partial charge in [0.15, 0.2) is 0 Å². The Balaban J connectivity index is 1.71. The van der Waals surface area contributed by atoms with Gasteiger partial charge in [0.05, 0.1) is 31.1 Å². The number of rotatable bonds is 4. The highest BCUT2D eigenvalue weighted by atomic mass is 35.5. The van der Waals surface area contributed by atoms with Crippen molar-refractivity contribution in [3.05, 3.63) is 35.0 Å². The molecule has 1 fully saturated rings. The van der Waals surface area contributed by atoms with Crippen LogP contribution in [0.1, 0.15) is 5.56 Å². The van der Waals surface area contributed by atoms with E-state index in [2.05, 4.69) is 4.98 Å². The minimum atomic E-state index is -0.901. The smallest absolute Gasteiger partial charge is 0.227 e. The van der Waals surface area contributed by atoms with E-state index in [-0.39, 0.29) is 18.9 Å². The SMILES string of the molecule is COCC1(O)CN(C(=O)Cc2c[nH]c3cccc(Cl)c23)C1. The number of methoxy groups -OCH3 is 1. The number of aromatic nitrogens is 1. The number of halogens is 1. The topological polar surface area (TPSA) is 65.6 Å². The molecular weight excluding hydrogens is 292 g/mol. The lowest BCUT2D eigenvalue weighted by Crippen LogP contribution is -2.65. The van der Waals surface area contributed by atoms with Crippen molar-refractivity contribution in [3.8, 4) is 0 Å². The van der Waals surface area contributed by atoms with Crippen LogP contribution in [0.5, 0.6) is 0 Å². The van der Waals surface area contributed by atoms with Gasteiger partial charge in [-0.3, -0.25) is 4.79 Å². The monoisotopic (exact) mass is 308 g/mol. The van der Waals surface area contributed by atoms with E-state index in [0.29, 0.717) is 18.1 Å². The molecule has 1 aromatic heterocycles. The van der Waals surface area contributed by atoms with Crippen LogP contribution < -0.4 is 0 Å². The van der Waals surface area contributed by atoms with Gasteiger partial charge in [-0.2, -0.15) is 0 Å². The van der Waals surface area contributed by atoms with Crippen LogP contribution in [0.15, 0.2) is 24.4 Å². The van der Waals surface area contributed by atoms with Gasteiger partial charge in [-0.1, -0.05) is 17.7 Å². The Labute approximate surface area is 127 Å². The summed E-state index contributed by atoms with van der Waals surface area (Å²) >= 11 is 6.20. The van der Waals surface area contributed by atoms with E-state index < -0.39 is 5.60 Å². The van der Waals surface area contributed by atoms with Gasteiger partial charge in [-0.25, -0.2) is 0 Å². The average molecular weight is 309 g/mol. The highest BCUT2D eigenvalue weighted by Crippen LogP contribution is 2.28. The molecule has 2 aromatic rings. The molecule has 2 N–H and O–H groups in total. The Morgan fingerprint density at radius 3 is 3.00 bits per heavy atom. The van der Waals surface area contributed by atoms with Crippen LogP contribution in [0.4, 0.5) is 0 Å². The summed E-state index contributed by atoms with van der Waals surface area (Å²) in [5.41, 5.74) is 0.898.